The zero-order valence-corrected chi connectivity index (χ0v) is 32.1. The first-order valence-corrected chi connectivity index (χ1v) is 20.0. The van der Waals surface area contributed by atoms with Crippen LogP contribution in [0.3, 0.4) is 0 Å². The number of benzene rings is 9. The highest BCUT2D eigenvalue weighted by Crippen LogP contribution is 2.40. The van der Waals surface area contributed by atoms with E-state index in [1.165, 1.54) is 27.5 Å². The predicted molar refractivity (Wildman–Crippen MR) is 245 cm³/mol. The summed E-state index contributed by atoms with van der Waals surface area (Å²) in [7, 11) is 0. The summed E-state index contributed by atoms with van der Waals surface area (Å²) in [6, 6.07) is 77.1. The third-order valence-corrected chi connectivity index (χ3v) is 11.3. The second kappa shape index (κ2) is 14.6. The van der Waals surface area contributed by atoms with Crippen LogP contribution in [0, 0.1) is 0 Å². The Morgan fingerprint density at radius 1 is 0.271 bits per heavy atom. The maximum atomic E-state index is 6.24. The van der Waals surface area contributed by atoms with Gasteiger partial charge in [0.25, 0.3) is 0 Å². The largest absolute Gasteiger partial charge is 0.456 e. The minimum absolute atomic E-state index is 0.677. The molecule has 11 rings (SSSR count). The van der Waals surface area contributed by atoms with Crippen molar-refractivity contribution in [1.29, 1.82) is 0 Å². The average molecular weight is 753 g/mol. The topological polar surface area (TPSA) is 38.9 Å². The average Bonchev–Trinajstić information content (AvgIpc) is 3.70. The molecule has 9 aromatic carbocycles. The summed E-state index contributed by atoms with van der Waals surface area (Å²) < 4.78 is 6.24. The Kier molecular flexibility index (Phi) is 8.49. The van der Waals surface area contributed by atoms with Gasteiger partial charge in [-0.15, -0.1) is 0 Å². The van der Waals surface area contributed by atoms with Gasteiger partial charge in [-0.1, -0.05) is 176 Å². The van der Waals surface area contributed by atoms with Gasteiger partial charge >= 0.3 is 0 Å². The number of para-hydroxylation sites is 1. The van der Waals surface area contributed by atoms with E-state index in [0.29, 0.717) is 5.82 Å². The molecule has 3 heteroatoms. The highest BCUT2D eigenvalue weighted by Gasteiger charge is 2.17. The standard InChI is InChI=1S/C56H36N2O/c1-3-14-37(15-4-1)38-26-28-39(29-27-38)43-32-44(42-30-31-55-51(35-42)50-23-11-12-25-54(50)59-55)34-45(33-43)52-36-53(58-56(57-52)41-17-5-2-6-18-41)49-22-10-9-21-48(49)47-24-13-19-40-16-7-8-20-46(40)47/h1-36H. The maximum absolute atomic E-state index is 6.24. The number of aromatic nitrogens is 2. The monoisotopic (exact) mass is 752 g/mol. The molecule has 59 heavy (non-hydrogen) atoms. The second-order valence-corrected chi connectivity index (χ2v) is 15.0. The van der Waals surface area contributed by atoms with E-state index in [9.17, 15) is 0 Å². The molecule has 11 aromatic rings. The Hall–Kier alpha value is -7.88. The highest BCUT2D eigenvalue weighted by molar-refractivity contribution is 6.06. The van der Waals surface area contributed by atoms with Crippen molar-refractivity contribution in [3.63, 3.8) is 0 Å². The lowest BCUT2D eigenvalue weighted by Gasteiger charge is -2.16. The van der Waals surface area contributed by atoms with Crippen LogP contribution in [0.25, 0.3) is 111 Å². The van der Waals surface area contributed by atoms with Crippen LogP contribution >= 0.6 is 0 Å². The van der Waals surface area contributed by atoms with Crippen LogP contribution in [0.5, 0.6) is 0 Å². The molecule has 0 radical (unpaired) electrons. The molecule has 0 saturated heterocycles. The zero-order chi connectivity index (χ0) is 39.1. The number of hydrogen-bond donors (Lipinski definition) is 0. The van der Waals surface area contributed by atoms with Gasteiger partial charge in [-0.2, -0.15) is 0 Å². The molecule has 0 spiro atoms. The van der Waals surface area contributed by atoms with Crippen molar-refractivity contribution in [2.75, 3.05) is 0 Å². The Balaban J connectivity index is 1.12. The van der Waals surface area contributed by atoms with Gasteiger partial charge in [0, 0.05) is 27.5 Å². The van der Waals surface area contributed by atoms with Crippen molar-refractivity contribution >= 4 is 32.7 Å². The first-order chi connectivity index (χ1) is 29.2. The Bertz CT molecular complexity index is 3310. The maximum Gasteiger partial charge on any atom is 0.160 e. The summed E-state index contributed by atoms with van der Waals surface area (Å²) >= 11 is 0. The summed E-state index contributed by atoms with van der Waals surface area (Å²) in [5.41, 5.74) is 15.6. The Morgan fingerprint density at radius 3 is 1.59 bits per heavy atom. The number of fused-ring (bicyclic) bond motifs is 4. The minimum atomic E-state index is 0.677. The van der Waals surface area contributed by atoms with Crippen molar-refractivity contribution in [3.8, 4) is 78.4 Å². The molecule has 0 N–H and O–H groups in total. The van der Waals surface area contributed by atoms with E-state index >= 15 is 0 Å². The molecule has 2 aromatic heterocycles. The lowest BCUT2D eigenvalue weighted by Crippen LogP contribution is -1.97. The van der Waals surface area contributed by atoms with Crippen molar-refractivity contribution < 1.29 is 4.42 Å². The molecular weight excluding hydrogens is 717 g/mol. The molecule has 0 aliphatic carbocycles. The van der Waals surface area contributed by atoms with E-state index in [1.807, 2.05) is 30.3 Å². The van der Waals surface area contributed by atoms with E-state index < -0.39 is 0 Å². The van der Waals surface area contributed by atoms with Gasteiger partial charge in [0.1, 0.15) is 11.2 Å². The van der Waals surface area contributed by atoms with Crippen molar-refractivity contribution in [2.45, 2.75) is 0 Å². The summed E-state index contributed by atoms with van der Waals surface area (Å²) in [5.74, 6) is 0.677. The molecule has 3 nitrogen and oxygen atoms in total. The molecule has 0 aliphatic rings. The number of nitrogens with zero attached hydrogens (tertiary/aromatic N) is 2. The first-order valence-electron chi connectivity index (χ1n) is 20.0. The molecule has 276 valence electrons. The first kappa shape index (κ1) is 34.4. The number of hydrogen-bond acceptors (Lipinski definition) is 3. The minimum Gasteiger partial charge on any atom is -0.456 e. The van der Waals surface area contributed by atoms with Crippen LogP contribution < -0.4 is 0 Å². The Labute approximate surface area is 342 Å². The fourth-order valence-electron chi connectivity index (χ4n) is 8.35. The predicted octanol–water partition coefficient (Wildman–Crippen LogP) is 15.2. The van der Waals surface area contributed by atoms with E-state index in [-0.39, 0.29) is 0 Å². The van der Waals surface area contributed by atoms with Gasteiger partial charge in [0.15, 0.2) is 5.82 Å². The molecule has 0 unspecified atom stereocenters. The van der Waals surface area contributed by atoms with Crippen LogP contribution in [-0.2, 0) is 0 Å². The molecule has 0 fully saturated rings. The Morgan fingerprint density at radius 2 is 0.797 bits per heavy atom. The fraction of sp³-hybridized carbons (Fsp3) is 0. The smallest absolute Gasteiger partial charge is 0.160 e. The molecular formula is C56H36N2O. The van der Waals surface area contributed by atoms with Gasteiger partial charge in [-0.3, -0.25) is 0 Å². The quantitative estimate of drug-likeness (QED) is 0.163. The number of rotatable bonds is 7. The SMILES string of the molecule is c1ccc(-c2ccc(-c3cc(-c4ccc5oc6ccccc6c5c4)cc(-c4cc(-c5ccccc5-c5cccc6ccccc56)nc(-c5ccccc5)n4)c3)cc2)cc1. The summed E-state index contributed by atoms with van der Waals surface area (Å²) in [4.78, 5) is 10.6. The summed E-state index contributed by atoms with van der Waals surface area (Å²) in [6.07, 6.45) is 0. The zero-order valence-electron chi connectivity index (χ0n) is 32.1. The summed E-state index contributed by atoms with van der Waals surface area (Å²) in [5, 5.41) is 4.61. The van der Waals surface area contributed by atoms with Crippen molar-refractivity contribution in [1.82, 2.24) is 9.97 Å². The van der Waals surface area contributed by atoms with E-state index in [2.05, 4.69) is 188 Å². The van der Waals surface area contributed by atoms with Gasteiger partial charge in [0.05, 0.1) is 11.4 Å². The number of furan rings is 1. The van der Waals surface area contributed by atoms with Crippen LogP contribution in [0.2, 0.25) is 0 Å². The lowest BCUT2D eigenvalue weighted by molar-refractivity contribution is 0.669. The molecule has 2 heterocycles. The van der Waals surface area contributed by atoms with Crippen LogP contribution in [0.15, 0.2) is 223 Å². The van der Waals surface area contributed by atoms with Gasteiger partial charge in [-0.25, -0.2) is 9.97 Å². The van der Waals surface area contributed by atoms with Crippen molar-refractivity contribution in [2.24, 2.45) is 0 Å². The van der Waals surface area contributed by atoms with E-state index in [4.69, 9.17) is 14.4 Å². The van der Waals surface area contributed by atoms with Gasteiger partial charge < -0.3 is 4.42 Å². The normalized spacial score (nSPS) is 11.4. The summed E-state index contributed by atoms with van der Waals surface area (Å²) in [6.45, 7) is 0. The van der Waals surface area contributed by atoms with Crippen LogP contribution in [-0.4, -0.2) is 9.97 Å². The van der Waals surface area contributed by atoms with E-state index in [1.54, 1.807) is 0 Å². The third kappa shape index (κ3) is 6.45. The van der Waals surface area contributed by atoms with Gasteiger partial charge in [0.2, 0.25) is 0 Å². The second-order valence-electron chi connectivity index (χ2n) is 15.0. The third-order valence-electron chi connectivity index (χ3n) is 11.3. The van der Waals surface area contributed by atoms with Crippen LogP contribution in [0.1, 0.15) is 0 Å². The van der Waals surface area contributed by atoms with Crippen molar-refractivity contribution in [3.05, 3.63) is 218 Å². The fourth-order valence-corrected chi connectivity index (χ4v) is 8.35. The lowest BCUT2D eigenvalue weighted by atomic mass is 9.91. The van der Waals surface area contributed by atoms with Gasteiger partial charge in [-0.05, 0) is 97.7 Å². The van der Waals surface area contributed by atoms with E-state index in [0.717, 1.165) is 77.8 Å². The molecule has 0 aliphatic heterocycles. The van der Waals surface area contributed by atoms with Crippen LogP contribution in [0.4, 0.5) is 0 Å². The molecule has 0 atom stereocenters. The molecule has 0 saturated carbocycles. The highest BCUT2D eigenvalue weighted by atomic mass is 16.3. The molecule has 0 amide bonds. The molecule has 0 bridgehead atoms.